The van der Waals surface area contributed by atoms with E-state index in [2.05, 4.69) is 15.9 Å². The molecule has 1 aromatic rings. The van der Waals surface area contributed by atoms with Crippen molar-refractivity contribution >= 4 is 21.4 Å². The summed E-state index contributed by atoms with van der Waals surface area (Å²) in [6.07, 6.45) is 3.72. The quantitative estimate of drug-likeness (QED) is 0.731. The van der Waals surface area contributed by atoms with Crippen LogP contribution in [0.4, 0.5) is 0 Å². The molecule has 1 rings (SSSR count). The van der Waals surface area contributed by atoms with Crippen LogP contribution in [0.25, 0.3) is 0 Å². The molecule has 0 saturated carbocycles. The average molecular weight is 191 g/mol. The summed E-state index contributed by atoms with van der Waals surface area (Å²) in [5.41, 5.74) is 0. The van der Waals surface area contributed by atoms with Gasteiger partial charge in [0.2, 0.25) is 10.0 Å². The fourth-order valence-corrected chi connectivity index (χ4v) is 1.49. The van der Waals surface area contributed by atoms with Crippen molar-refractivity contribution in [2.45, 2.75) is 6.54 Å². The van der Waals surface area contributed by atoms with Gasteiger partial charge in [0, 0.05) is 5.38 Å². The standard InChI is InChI=1S/C5H7N2O2S2/c1-11(8,9)7-4-5-6-2-3-10-5/h3,7H,4H2,1H3. The number of aromatic nitrogens is 1. The number of hydrogen-bond donors (Lipinski definition) is 1. The van der Waals surface area contributed by atoms with Crippen molar-refractivity contribution in [2.24, 2.45) is 0 Å². The number of sulfonamides is 1. The molecule has 0 spiro atoms. The van der Waals surface area contributed by atoms with Gasteiger partial charge in [-0.15, -0.1) is 11.3 Å². The highest BCUT2D eigenvalue weighted by Crippen LogP contribution is 2.02. The molecule has 0 fully saturated rings. The third kappa shape index (κ3) is 3.45. The molecule has 1 aromatic heterocycles. The summed E-state index contributed by atoms with van der Waals surface area (Å²) < 4.78 is 23.5. The molecule has 0 bridgehead atoms. The lowest BCUT2D eigenvalue weighted by atomic mass is 10.7. The Morgan fingerprint density at radius 2 is 2.55 bits per heavy atom. The van der Waals surface area contributed by atoms with Gasteiger partial charge in [0.25, 0.3) is 0 Å². The Balaban J connectivity index is 2.48. The molecule has 1 radical (unpaired) electrons. The number of hydrogen-bond acceptors (Lipinski definition) is 4. The van der Waals surface area contributed by atoms with Gasteiger partial charge in [-0.3, -0.25) is 0 Å². The third-order valence-electron chi connectivity index (χ3n) is 0.923. The number of rotatable bonds is 3. The van der Waals surface area contributed by atoms with Crippen molar-refractivity contribution in [2.75, 3.05) is 6.26 Å². The van der Waals surface area contributed by atoms with Crippen molar-refractivity contribution in [3.05, 3.63) is 16.6 Å². The Kier molecular flexibility index (Phi) is 2.58. The van der Waals surface area contributed by atoms with E-state index in [1.807, 2.05) is 0 Å². The van der Waals surface area contributed by atoms with Crippen LogP contribution in [0.15, 0.2) is 5.38 Å². The van der Waals surface area contributed by atoms with Gasteiger partial charge in [-0.25, -0.2) is 18.1 Å². The summed E-state index contributed by atoms with van der Waals surface area (Å²) in [6.45, 7) is 0.257. The summed E-state index contributed by atoms with van der Waals surface area (Å²) >= 11 is 1.37. The van der Waals surface area contributed by atoms with Gasteiger partial charge in [0.15, 0.2) is 0 Å². The molecule has 1 heterocycles. The van der Waals surface area contributed by atoms with Crippen LogP contribution in [0.5, 0.6) is 0 Å². The monoisotopic (exact) mass is 191 g/mol. The first-order valence-corrected chi connectivity index (χ1v) is 5.60. The lowest BCUT2D eigenvalue weighted by Crippen LogP contribution is -2.20. The van der Waals surface area contributed by atoms with Crippen LogP contribution in [-0.2, 0) is 16.6 Å². The molecule has 0 amide bonds. The summed E-state index contributed by atoms with van der Waals surface area (Å²) in [7, 11) is -3.10. The predicted molar refractivity (Wildman–Crippen MR) is 42.6 cm³/mol. The highest BCUT2D eigenvalue weighted by Gasteiger charge is 2.01. The topological polar surface area (TPSA) is 59.1 Å². The summed E-state index contributed by atoms with van der Waals surface area (Å²) in [4.78, 5) is 3.79. The van der Waals surface area contributed by atoms with E-state index in [4.69, 9.17) is 0 Å². The van der Waals surface area contributed by atoms with Gasteiger partial charge in [-0.05, 0) is 0 Å². The maximum Gasteiger partial charge on any atom is 0.209 e. The highest BCUT2D eigenvalue weighted by atomic mass is 32.2. The second kappa shape index (κ2) is 3.29. The van der Waals surface area contributed by atoms with E-state index >= 15 is 0 Å². The van der Waals surface area contributed by atoms with E-state index < -0.39 is 10.0 Å². The van der Waals surface area contributed by atoms with E-state index in [0.29, 0.717) is 0 Å². The maximum absolute atomic E-state index is 10.6. The fraction of sp³-hybridized carbons (Fsp3) is 0.400. The lowest BCUT2D eigenvalue weighted by molar-refractivity contribution is 0.587. The maximum atomic E-state index is 10.6. The predicted octanol–water partition coefficient (Wildman–Crippen LogP) is -0.00751. The van der Waals surface area contributed by atoms with Crippen molar-refractivity contribution in [3.8, 4) is 0 Å². The molecular formula is C5H7N2O2S2. The van der Waals surface area contributed by atoms with Crippen LogP contribution in [0.3, 0.4) is 0 Å². The minimum Gasteiger partial charge on any atom is -0.238 e. The van der Waals surface area contributed by atoms with Crippen molar-refractivity contribution < 1.29 is 8.42 Å². The first-order chi connectivity index (χ1) is 5.08. The second-order valence-corrected chi connectivity index (χ2v) is 4.74. The molecule has 0 saturated heterocycles. The number of nitrogens with zero attached hydrogens (tertiary/aromatic N) is 1. The zero-order valence-corrected chi connectivity index (χ0v) is 7.50. The van der Waals surface area contributed by atoms with Crippen molar-refractivity contribution in [3.63, 3.8) is 0 Å². The Morgan fingerprint density at radius 3 is 3.00 bits per heavy atom. The first-order valence-electron chi connectivity index (χ1n) is 2.83. The van der Waals surface area contributed by atoms with Gasteiger partial charge in [-0.1, -0.05) is 0 Å². The van der Waals surface area contributed by atoms with E-state index in [9.17, 15) is 8.42 Å². The van der Waals surface area contributed by atoms with Gasteiger partial charge >= 0.3 is 0 Å². The zero-order valence-electron chi connectivity index (χ0n) is 5.86. The molecule has 1 N–H and O–H groups in total. The van der Waals surface area contributed by atoms with E-state index in [0.717, 1.165) is 11.3 Å². The van der Waals surface area contributed by atoms with Gasteiger partial charge < -0.3 is 0 Å². The summed E-state index contributed by atoms with van der Waals surface area (Å²) in [5, 5.41) is 2.40. The minimum atomic E-state index is -3.10. The average Bonchev–Trinajstić information content (AvgIpc) is 2.32. The molecule has 6 heteroatoms. The largest absolute Gasteiger partial charge is 0.238 e. The molecule has 0 aromatic carbocycles. The van der Waals surface area contributed by atoms with E-state index in [1.165, 1.54) is 11.3 Å². The fourth-order valence-electron chi connectivity index (χ4n) is 0.493. The van der Waals surface area contributed by atoms with Crippen LogP contribution in [-0.4, -0.2) is 19.7 Å². The summed E-state index contributed by atoms with van der Waals surface area (Å²) in [6, 6.07) is 0. The van der Waals surface area contributed by atoms with Crippen LogP contribution in [0.2, 0.25) is 0 Å². The number of nitrogens with one attached hydrogen (secondary N) is 1. The zero-order chi connectivity index (χ0) is 8.32. The molecule has 61 valence electrons. The van der Waals surface area contributed by atoms with Crippen LogP contribution < -0.4 is 4.72 Å². The Labute approximate surface area is 69.3 Å². The number of thiazole rings is 1. The lowest BCUT2D eigenvalue weighted by Gasteiger charge is -1.96. The Hall–Kier alpha value is -0.460. The van der Waals surface area contributed by atoms with Gasteiger partial charge in [-0.2, -0.15) is 0 Å². The van der Waals surface area contributed by atoms with Gasteiger partial charge in [0.1, 0.15) is 11.2 Å². The minimum absolute atomic E-state index is 0.257. The Morgan fingerprint density at radius 1 is 1.82 bits per heavy atom. The molecule has 0 unspecified atom stereocenters. The highest BCUT2D eigenvalue weighted by molar-refractivity contribution is 7.88. The van der Waals surface area contributed by atoms with E-state index in [-0.39, 0.29) is 6.54 Å². The van der Waals surface area contributed by atoms with Crippen LogP contribution in [0, 0.1) is 6.20 Å². The molecule has 0 atom stereocenters. The van der Waals surface area contributed by atoms with Crippen LogP contribution >= 0.6 is 11.3 Å². The Bertz CT molecular complexity index is 303. The summed E-state index contributed by atoms with van der Waals surface area (Å²) in [5.74, 6) is 0. The molecule has 0 aliphatic rings. The SMILES string of the molecule is CS(=O)(=O)NCc1n[c]cs1. The smallest absolute Gasteiger partial charge is 0.209 e. The van der Waals surface area contributed by atoms with Gasteiger partial charge in [0.05, 0.1) is 12.8 Å². The van der Waals surface area contributed by atoms with Crippen molar-refractivity contribution in [1.82, 2.24) is 9.71 Å². The second-order valence-electron chi connectivity index (χ2n) is 1.96. The molecular weight excluding hydrogens is 184 g/mol. The van der Waals surface area contributed by atoms with E-state index in [1.54, 1.807) is 5.38 Å². The van der Waals surface area contributed by atoms with Crippen molar-refractivity contribution in [1.29, 1.82) is 0 Å². The molecule has 11 heavy (non-hydrogen) atoms. The third-order valence-corrected chi connectivity index (χ3v) is 2.32. The van der Waals surface area contributed by atoms with Crippen LogP contribution in [0.1, 0.15) is 5.01 Å². The normalized spacial score (nSPS) is 11.7. The molecule has 0 aliphatic heterocycles. The first kappa shape index (κ1) is 8.63. The molecule has 4 nitrogen and oxygen atoms in total. The molecule has 0 aliphatic carbocycles.